The van der Waals surface area contributed by atoms with Gasteiger partial charge >= 0.3 is 0 Å². The Morgan fingerprint density at radius 2 is 1.33 bits per heavy atom. The van der Waals surface area contributed by atoms with Crippen LogP contribution in [0.1, 0.15) is 39.0 Å². The molecule has 0 saturated carbocycles. The molecule has 92 valence electrons. The van der Waals surface area contributed by atoms with Gasteiger partial charge in [0.05, 0.1) is 5.60 Å². The summed E-state index contributed by atoms with van der Waals surface area (Å²) in [6.45, 7) is 3.03. The lowest BCUT2D eigenvalue weighted by molar-refractivity contribution is -0.0434. The summed E-state index contributed by atoms with van der Waals surface area (Å²) in [5.74, 6) is 2.77. The van der Waals surface area contributed by atoms with Crippen molar-refractivity contribution >= 4 is 37.9 Å². The first-order valence-electron chi connectivity index (χ1n) is 5.65. The monoisotopic (exact) mass is 268 g/mol. The molecule has 4 heteroatoms. The fourth-order valence-electron chi connectivity index (χ4n) is 1.56. The third-order valence-corrected chi connectivity index (χ3v) is 3.43. The lowest BCUT2D eigenvalue weighted by Gasteiger charge is -2.30. The molecule has 0 aromatic carbocycles. The van der Waals surface area contributed by atoms with Crippen LogP contribution in [-0.2, 0) is 4.74 Å². The smallest absolute Gasteiger partial charge is 0.0655 e. The maximum absolute atomic E-state index is 5.96. The van der Waals surface area contributed by atoms with Crippen LogP contribution in [0.25, 0.3) is 0 Å². The zero-order valence-electron chi connectivity index (χ0n) is 9.61. The molecule has 0 rings (SSSR count). The van der Waals surface area contributed by atoms with Crippen LogP contribution in [0.5, 0.6) is 0 Å². The molecule has 0 aliphatic heterocycles. The third-order valence-electron chi connectivity index (χ3n) is 2.48. The van der Waals surface area contributed by atoms with Gasteiger partial charge in [0, 0.05) is 6.61 Å². The van der Waals surface area contributed by atoms with Gasteiger partial charge in [-0.2, -0.15) is 37.9 Å². The minimum Gasteiger partial charge on any atom is -0.375 e. The van der Waals surface area contributed by atoms with E-state index in [1.54, 1.807) is 0 Å². The van der Waals surface area contributed by atoms with Gasteiger partial charge in [0.1, 0.15) is 0 Å². The van der Waals surface area contributed by atoms with E-state index in [-0.39, 0.29) is 5.60 Å². The van der Waals surface area contributed by atoms with Crippen molar-refractivity contribution in [1.82, 2.24) is 0 Å². The van der Waals surface area contributed by atoms with E-state index < -0.39 is 0 Å². The highest BCUT2D eigenvalue weighted by Gasteiger charge is 2.23. The molecule has 0 aliphatic carbocycles. The molecule has 0 heterocycles. The molecule has 0 unspecified atom stereocenters. The summed E-state index contributed by atoms with van der Waals surface area (Å²) in [6, 6.07) is 0. The van der Waals surface area contributed by atoms with Gasteiger partial charge in [0.2, 0.25) is 0 Å². The molecule has 0 spiro atoms. The van der Waals surface area contributed by atoms with Crippen LogP contribution >= 0.6 is 37.9 Å². The summed E-state index contributed by atoms with van der Waals surface area (Å²) >= 11 is 12.7. The van der Waals surface area contributed by atoms with Crippen molar-refractivity contribution in [3.05, 3.63) is 0 Å². The van der Waals surface area contributed by atoms with Crippen LogP contribution in [0.3, 0.4) is 0 Å². The third kappa shape index (κ3) is 8.78. The molecule has 0 aromatic rings. The van der Waals surface area contributed by atoms with Gasteiger partial charge in [-0.3, -0.25) is 0 Å². The van der Waals surface area contributed by atoms with Crippen LogP contribution in [0.4, 0.5) is 0 Å². The normalized spacial score (nSPS) is 12.0. The summed E-state index contributed by atoms with van der Waals surface area (Å²) in [7, 11) is 0. The van der Waals surface area contributed by atoms with Gasteiger partial charge in [-0.25, -0.2) is 0 Å². The average Bonchev–Trinajstić information content (AvgIpc) is 2.24. The fraction of sp³-hybridized carbons (Fsp3) is 1.00. The van der Waals surface area contributed by atoms with E-state index in [9.17, 15) is 0 Å². The lowest BCUT2D eigenvalue weighted by atomic mass is 9.94. The molecule has 0 fully saturated rings. The second-order valence-electron chi connectivity index (χ2n) is 4.03. The minimum absolute atomic E-state index is 0.0222. The zero-order chi connectivity index (χ0) is 11.6. The number of rotatable bonds is 10. The Morgan fingerprint density at radius 1 is 0.867 bits per heavy atom. The largest absolute Gasteiger partial charge is 0.375 e. The van der Waals surface area contributed by atoms with Crippen LogP contribution in [0, 0.1) is 0 Å². The number of ether oxygens (including phenoxy) is 1. The van der Waals surface area contributed by atoms with Gasteiger partial charge in [-0.05, 0) is 56.3 Å². The Morgan fingerprint density at radius 3 is 1.73 bits per heavy atom. The number of thiol groups is 3. The molecule has 0 amide bonds. The van der Waals surface area contributed by atoms with Crippen molar-refractivity contribution in [3.8, 4) is 0 Å². The van der Waals surface area contributed by atoms with Gasteiger partial charge < -0.3 is 4.74 Å². The molecule has 0 radical (unpaired) electrons. The van der Waals surface area contributed by atoms with E-state index in [2.05, 4.69) is 44.8 Å². The summed E-state index contributed by atoms with van der Waals surface area (Å²) in [6.07, 6.45) is 5.45. The van der Waals surface area contributed by atoms with Crippen molar-refractivity contribution in [1.29, 1.82) is 0 Å². The second-order valence-corrected chi connectivity index (χ2v) is 5.37. The summed E-state index contributed by atoms with van der Waals surface area (Å²) in [4.78, 5) is 0. The van der Waals surface area contributed by atoms with Crippen molar-refractivity contribution < 1.29 is 4.74 Å². The van der Waals surface area contributed by atoms with Gasteiger partial charge in [0.25, 0.3) is 0 Å². The average molecular weight is 269 g/mol. The molecule has 15 heavy (non-hydrogen) atoms. The molecule has 0 N–H and O–H groups in total. The molecular weight excluding hydrogens is 244 g/mol. The first kappa shape index (κ1) is 16.0. The quantitative estimate of drug-likeness (QED) is 0.406. The van der Waals surface area contributed by atoms with E-state index in [0.29, 0.717) is 0 Å². The first-order valence-corrected chi connectivity index (χ1v) is 7.55. The molecule has 0 atom stereocenters. The lowest BCUT2D eigenvalue weighted by Crippen LogP contribution is -2.29. The first-order chi connectivity index (χ1) is 7.18. The van der Waals surface area contributed by atoms with E-state index in [1.807, 2.05) is 0 Å². The topological polar surface area (TPSA) is 9.23 Å². The highest BCUT2D eigenvalue weighted by Crippen LogP contribution is 2.24. The summed E-state index contributed by atoms with van der Waals surface area (Å²) < 4.78 is 5.96. The van der Waals surface area contributed by atoms with Crippen LogP contribution in [-0.4, -0.2) is 29.5 Å². The highest BCUT2D eigenvalue weighted by molar-refractivity contribution is 7.80. The Bertz CT molecular complexity index is 134. The summed E-state index contributed by atoms with van der Waals surface area (Å²) in [5.41, 5.74) is 0.0222. The number of hydrogen-bond donors (Lipinski definition) is 3. The minimum atomic E-state index is 0.0222. The molecule has 0 bridgehead atoms. The van der Waals surface area contributed by atoms with Crippen LogP contribution in [0.15, 0.2) is 0 Å². The van der Waals surface area contributed by atoms with E-state index >= 15 is 0 Å². The standard InChI is InChI=1S/C11H24OS3/c1-11(5-2-8-13,6-3-9-14)12-7-4-10-15/h13-15H,2-10H2,1H3. The highest BCUT2D eigenvalue weighted by atomic mass is 32.1. The predicted molar refractivity (Wildman–Crippen MR) is 79.0 cm³/mol. The van der Waals surface area contributed by atoms with Crippen LogP contribution < -0.4 is 0 Å². The molecule has 0 aliphatic rings. The second kappa shape index (κ2) is 10.2. The Labute approximate surface area is 111 Å². The van der Waals surface area contributed by atoms with Gasteiger partial charge in [-0.1, -0.05) is 0 Å². The summed E-state index contributed by atoms with van der Waals surface area (Å²) in [5, 5.41) is 0. The number of hydrogen-bond acceptors (Lipinski definition) is 4. The fourth-order valence-corrected chi connectivity index (χ4v) is 2.00. The Balaban J connectivity index is 3.89. The van der Waals surface area contributed by atoms with Crippen LogP contribution in [0.2, 0.25) is 0 Å². The Kier molecular flexibility index (Phi) is 10.9. The maximum Gasteiger partial charge on any atom is 0.0655 e. The predicted octanol–water partition coefficient (Wildman–Crippen LogP) is 3.50. The van der Waals surface area contributed by atoms with E-state index in [0.717, 1.165) is 56.0 Å². The van der Waals surface area contributed by atoms with Gasteiger partial charge in [-0.15, -0.1) is 0 Å². The van der Waals surface area contributed by atoms with E-state index in [4.69, 9.17) is 4.74 Å². The van der Waals surface area contributed by atoms with E-state index in [1.165, 1.54) is 0 Å². The van der Waals surface area contributed by atoms with Crippen molar-refractivity contribution in [2.75, 3.05) is 23.9 Å². The SMILES string of the molecule is CC(CCCS)(CCCS)OCCCS. The van der Waals surface area contributed by atoms with Gasteiger partial charge in [0.15, 0.2) is 0 Å². The van der Waals surface area contributed by atoms with Crippen molar-refractivity contribution in [2.24, 2.45) is 0 Å². The van der Waals surface area contributed by atoms with Crippen molar-refractivity contribution in [3.63, 3.8) is 0 Å². The maximum atomic E-state index is 5.96. The zero-order valence-corrected chi connectivity index (χ0v) is 12.3. The molecule has 0 aromatic heterocycles. The molecule has 0 saturated heterocycles. The Hall–Kier alpha value is 1.01. The van der Waals surface area contributed by atoms with Crippen molar-refractivity contribution in [2.45, 2.75) is 44.6 Å². The molecule has 1 nitrogen and oxygen atoms in total. The molecular formula is C11H24OS3.